The molecule has 0 heterocycles. The van der Waals surface area contributed by atoms with Crippen LogP contribution in [-0.4, -0.2) is 83.9 Å². The van der Waals surface area contributed by atoms with Crippen LogP contribution in [0.5, 0.6) is 5.75 Å². The summed E-state index contributed by atoms with van der Waals surface area (Å²) in [5.74, 6) is -2.12. The number of methoxy groups -OCH3 is 1. The number of halogens is 1. The van der Waals surface area contributed by atoms with Gasteiger partial charge in [-0.05, 0) is 92.0 Å². The van der Waals surface area contributed by atoms with E-state index in [-0.39, 0.29) is 42.2 Å². The number of hydrogen-bond acceptors (Lipinski definition) is 10. The standard InChI is InChI=1S/C39H53N5O7S.ClH/c1-37(2,26-10-12-27(45)13-11-26)33(40)35(49)44-28(14-15-52-4)34(48)42-22-30(46)43-29(17-23-8-6-5-7-9-23)31(47)32-38(36(50)51-3)18-24-16-25(19-38)21-39(32,41)20-24;/h5-13,24-25,28-29,32-33,45H,14-22,40-41H2,1-4H3,(H,42,48)(H,43,46)(H,44,49);1H/t24?,25?,28-,29+,32?,33?,38?,39?;/m1./s1. The number of Topliss-reactive ketones (excluding diaryl/α,β-unsaturated/α-hetero) is 1. The zero-order chi connectivity index (χ0) is 37.8. The van der Waals surface area contributed by atoms with Crippen molar-refractivity contribution in [2.24, 2.45) is 34.6 Å². The number of phenols is 1. The van der Waals surface area contributed by atoms with Crippen LogP contribution in [0.3, 0.4) is 0 Å². The summed E-state index contributed by atoms with van der Waals surface area (Å²) in [4.78, 5) is 68.6. The van der Waals surface area contributed by atoms with Crippen LogP contribution >= 0.6 is 24.2 Å². The van der Waals surface area contributed by atoms with Crippen molar-refractivity contribution >= 4 is 53.6 Å². The molecule has 4 unspecified atom stereocenters. The lowest BCUT2D eigenvalue weighted by molar-refractivity contribution is -0.188. The molecule has 12 nitrogen and oxygen atoms in total. The van der Waals surface area contributed by atoms with Crippen molar-refractivity contribution in [3.63, 3.8) is 0 Å². The average Bonchev–Trinajstić information content (AvgIpc) is 3.10. The zero-order valence-corrected chi connectivity index (χ0v) is 32.5. The molecule has 6 rings (SSSR count). The molecule has 4 saturated carbocycles. The van der Waals surface area contributed by atoms with Crippen molar-refractivity contribution in [3.05, 3.63) is 65.7 Å². The van der Waals surface area contributed by atoms with Crippen LogP contribution in [0.15, 0.2) is 54.6 Å². The molecule has 3 amide bonds. The number of amides is 3. The highest BCUT2D eigenvalue weighted by Crippen LogP contribution is 2.64. The van der Waals surface area contributed by atoms with Gasteiger partial charge >= 0.3 is 5.97 Å². The summed E-state index contributed by atoms with van der Waals surface area (Å²) in [7, 11) is 1.34. The first-order chi connectivity index (χ1) is 24.6. The Labute approximate surface area is 322 Å². The number of ether oxygens (including phenoxy) is 1. The third kappa shape index (κ3) is 9.01. The maximum Gasteiger partial charge on any atom is 0.312 e. The number of esters is 1. The fraction of sp³-hybridized carbons (Fsp3) is 0.564. The first-order valence-electron chi connectivity index (χ1n) is 18.0. The molecule has 0 aliphatic heterocycles. The monoisotopic (exact) mass is 771 g/mol. The molecule has 4 aliphatic carbocycles. The lowest BCUT2D eigenvalue weighted by Gasteiger charge is -2.63. The number of hydrogen-bond donors (Lipinski definition) is 6. The van der Waals surface area contributed by atoms with E-state index < -0.39 is 70.6 Å². The molecule has 6 atom stereocenters. The summed E-state index contributed by atoms with van der Waals surface area (Å²) < 4.78 is 5.31. The van der Waals surface area contributed by atoms with E-state index in [0.29, 0.717) is 37.9 Å². The Balaban J connectivity index is 0.00000627. The fourth-order valence-electron chi connectivity index (χ4n) is 9.26. The Morgan fingerprint density at radius 1 is 0.943 bits per heavy atom. The Hall–Kier alpha value is -3.65. The highest BCUT2D eigenvalue weighted by atomic mass is 35.5. The molecule has 4 bridgehead atoms. The molecule has 0 aromatic heterocycles. The van der Waals surface area contributed by atoms with Crippen LogP contribution in [0, 0.1) is 23.2 Å². The normalized spacial score (nSPS) is 26.0. The van der Waals surface area contributed by atoms with Crippen molar-refractivity contribution < 1.29 is 33.8 Å². The lowest BCUT2D eigenvalue weighted by atomic mass is 9.41. The van der Waals surface area contributed by atoms with E-state index in [1.807, 2.05) is 36.6 Å². The molecular weight excluding hydrogens is 718 g/mol. The van der Waals surface area contributed by atoms with Crippen molar-refractivity contribution in [3.8, 4) is 5.75 Å². The summed E-state index contributed by atoms with van der Waals surface area (Å²) in [6.45, 7) is 3.17. The third-order valence-electron chi connectivity index (χ3n) is 11.6. The molecule has 0 spiro atoms. The molecule has 0 radical (unpaired) electrons. The van der Waals surface area contributed by atoms with Gasteiger partial charge < -0.3 is 37.3 Å². The highest BCUT2D eigenvalue weighted by Gasteiger charge is 2.68. The van der Waals surface area contributed by atoms with Crippen molar-refractivity contribution in [2.75, 3.05) is 25.7 Å². The van der Waals surface area contributed by atoms with Gasteiger partial charge in [-0.25, -0.2) is 0 Å². The Morgan fingerprint density at radius 3 is 2.15 bits per heavy atom. The molecule has 14 heteroatoms. The first kappa shape index (κ1) is 42.1. The number of benzene rings is 2. The second-order valence-corrected chi connectivity index (χ2v) is 16.6. The number of nitrogens with one attached hydrogen (secondary N) is 3. The van der Waals surface area contributed by atoms with Gasteiger partial charge in [-0.3, -0.25) is 24.0 Å². The molecule has 0 saturated heterocycles. The third-order valence-corrected chi connectivity index (χ3v) is 12.3. The van der Waals surface area contributed by atoms with E-state index >= 15 is 0 Å². The minimum absolute atomic E-state index is 0. The summed E-state index contributed by atoms with van der Waals surface area (Å²) in [6, 6.07) is 12.7. The van der Waals surface area contributed by atoms with Crippen molar-refractivity contribution in [1.82, 2.24) is 16.0 Å². The van der Waals surface area contributed by atoms with E-state index in [9.17, 15) is 29.1 Å². The van der Waals surface area contributed by atoms with E-state index in [1.54, 1.807) is 26.0 Å². The summed E-state index contributed by atoms with van der Waals surface area (Å²) in [5, 5.41) is 18.0. The molecule has 2 aromatic carbocycles. The number of aromatic hydroxyl groups is 1. The van der Waals surface area contributed by atoms with E-state index in [4.69, 9.17) is 16.2 Å². The van der Waals surface area contributed by atoms with E-state index in [1.165, 1.54) is 31.0 Å². The van der Waals surface area contributed by atoms with Gasteiger partial charge in [-0.15, -0.1) is 12.4 Å². The van der Waals surface area contributed by atoms with Crippen LogP contribution in [-0.2, 0) is 40.5 Å². The van der Waals surface area contributed by atoms with Crippen LogP contribution < -0.4 is 27.4 Å². The Kier molecular flexibility index (Phi) is 13.7. The summed E-state index contributed by atoms with van der Waals surface area (Å²) >= 11 is 1.50. The SMILES string of the molecule is COC(=O)C12CC3CC(CC(N)(C3)C1C(=O)[C@H](Cc1ccccc1)NC(=O)CNC(=O)[C@@H](CCSC)NC(=O)C(N)C(C)(C)c1ccc(O)cc1)C2.Cl. The van der Waals surface area contributed by atoms with Gasteiger partial charge in [0, 0.05) is 11.0 Å². The van der Waals surface area contributed by atoms with Crippen LogP contribution in [0.2, 0.25) is 0 Å². The molecular formula is C39H54ClN5O7S. The second kappa shape index (κ2) is 17.2. The molecule has 290 valence electrons. The maximum absolute atomic E-state index is 14.7. The Morgan fingerprint density at radius 2 is 1.57 bits per heavy atom. The molecule has 2 aromatic rings. The molecule has 8 N–H and O–H groups in total. The maximum atomic E-state index is 14.7. The van der Waals surface area contributed by atoms with Crippen LogP contribution in [0.25, 0.3) is 0 Å². The summed E-state index contributed by atoms with van der Waals surface area (Å²) in [6.07, 6.45) is 5.69. The number of nitrogens with two attached hydrogens (primary N) is 2. The van der Waals surface area contributed by atoms with Crippen molar-refractivity contribution in [2.45, 2.75) is 87.9 Å². The van der Waals surface area contributed by atoms with Gasteiger partial charge in [0.05, 0.1) is 37.1 Å². The molecule has 4 fully saturated rings. The quantitative estimate of drug-likeness (QED) is 0.138. The number of thioether (sulfide) groups is 1. The predicted molar refractivity (Wildman–Crippen MR) is 206 cm³/mol. The fourth-order valence-corrected chi connectivity index (χ4v) is 9.73. The van der Waals surface area contributed by atoms with Gasteiger partial charge in [-0.2, -0.15) is 11.8 Å². The van der Waals surface area contributed by atoms with Gasteiger partial charge in [0.25, 0.3) is 0 Å². The van der Waals surface area contributed by atoms with Crippen molar-refractivity contribution in [1.29, 1.82) is 0 Å². The van der Waals surface area contributed by atoms with Gasteiger partial charge in [0.15, 0.2) is 5.78 Å². The molecule has 53 heavy (non-hydrogen) atoms. The molecule has 4 aliphatic rings. The predicted octanol–water partition coefficient (Wildman–Crippen LogP) is 2.77. The summed E-state index contributed by atoms with van der Waals surface area (Å²) in [5.41, 5.74) is 12.3. The van der Waals surface area contributed by atoms with Crippen LogP contribution in [0.1, 0.15) is 63.5 Å². The van der Waals surface area contributed by atoms with Crippen LogP contribution in [0.4, 0.5) is 0 Å². The Bertz CT molecular complexity index is 1630. The highest BCUT2D eigenvalue weighted by molar-refractivity contribution is 7.98. The topological polar surface area (TPSA) is 203 Å². The minimum Gasteiger partial charge on any atom is -0.508 e. The number of carbonyl (C=O) groups excluding carboxylic acids is 5. The largest absolute Gasteiger partial charge is 0.508 e. The van der Waals surface area contributed by atoms with Gasteiger partial charge in [0.2, 0.25) is 17.7 Å². The first-order valence-corrected chi connectivity index (χ1v) is 19.4. The number of carbonyl (C=O) groups is 5. The lowest BCUT2D eigenvalue weighted by Crippen LogP contribution is -2.72. The van der Waals surface area contributed by atoms with Gasteiger partial charge in [0.1, 0.15) is 11.8 Å². The second-order valence-electron chi connectivity index (χ2n) is 15.6. The van der Waals surface area contributed by atoms with E-state index in [2.05, 4.69) is 16.0 Å². The van der Waals surface area contributed by atoms with Gasteiger partial charge in [-0.1, -0.05) is 56.3 Å². The number of rotatable bonds is 16. The average molecular weight is 772 g/mol. The smallest absolute Gasteiger partial charge is 0.312 e. The number of ketones is 1. The zero-order valence-electron chi connectivity index (χ0n) is 30.9. The number of phenolic OH excluding ortho intramolecular Hbond substituents is 1. The minimum atomic E-state index is -1.04. The van der Waals surface area contributed by atoms with E-state index in [0.717, 1.165) is 17.5 Å².